The number of benzene rings is 2. The Morgan fingerprint density at radius 1 is 0.955 bits per heavy atom. The summed E-state index contributed by atoms with van der Waals surface area (Å²) in [6.07, 6.45) is 1.35. The van der Waals surface area contributed by atoms with E-state index in [0.29, 0.717) is 12.1 Å². The molecule has 2 rings (SSSR count). The minimum atomic E-state index is -4.30. The number of hydrogen-bond donors (Lipinski definition) is 0. The molecule has 0 radical (unpaired) electrons. The van der Waals surface area contributed by atoms with Gasteiger partial charge in [0.2, 0.25) is 0 Å². The molecule has 0 spiro atoms. The first kappa shape index (κ1) is 16.4. The van der Waals surface area contributed by atoms with Gasteiger partial charge < -0.3 is 0 Å². The Kier molecular flexibility index (Phi) is 5.13. The number of sulfonamides is 1. The Labute approximate surface area is 129 Å². The number of para-hydroxylation sites is 1. The largest absolute Gasteiger partial charge is 0.270 e. The summed E-state index contributed by atoms with van der Waals surface area (Å²) in [4.78, 5) is -0.907. The lowest BCUT2D eigenvalue weighted by atomic mass is 10.3. The maximum absolute atomic E-state index is 13.9. The highest BCUT2D eigenvalue weighted by Crippen LogP contribution is 2.27. The first-order valence-electron chi connectivity index (χ1n) is 7.00. The molecule has 0 aromatic heterocycles. The summed E-state index contributed by atoms with van der Waals surface area (Å²) in [5.41, 5.74) is 0.388. The van der Waals surface area contributed by atoms with E-state index in [1.165, 1.54) is 0 Å². The standard InChI is InChI=1S/C16H17F2NO2S/c1-2-3-12-19(13-8-5-4-6-9-13)22(20,21)16-14(17)10-7-11-15(16)18/h4-11H,2-3,12H2,1H3. The minimum absolute atomic E-state index is 0.163. The lowest BCUT2D eigenvalue weighted by molar-refractivity contribution is 0.517. The van der Waals surface area contributed by atoms with Crippen LogP contribution in [0.3, 0.4) is 0 Å². The highest BCUT2D eigenvalue weighted by atomic mass is 32.2. The fourth-order valence-electron chi connectivity index (χ4n) is 2.12. The second-order valence-electron chi connectivity index (χ2n) is 4.82. The van der Waals surface area contributed by atoms with E-state index < -0.39 is 26.6 Å². The highest BCUT2D eigenvalue weighted by molar-refractivity contribution is 7.92. The van der Waals surface area contributed by atoms with E-state index in [1.807, 2.05) is 6.92 Å². The van der Waals surface area contributed by atoms with Crippen LogP contribution in [-0.2, 0) is 10.0 Å². The number of rotatable bonds is 6. The SMILES string of the molecule is CCCCN(c1ccccc1)S(=O)(=O)c1c(F)cccc1F. The van der Waals surface area contributed by atoms with Gasteiger partial charge in [-0.2, -0.15) is 0 Å². The quantitative estimate of drug-likeness (QED) is 0.806. The molecule has 0 aliphatic rings. The fourth-order valence-corrected chi connectivity index (χ4v) is 3.74. The smallest absolute Gasteiger partial charge is 0.266 e. The number of nitrogens with zero attached hydrogens (tertiary/aromatic N) is 1. The molecule has 0 N–H and O–H groups in total. The van der Waals surface area contributed by atoms with Gasteiger partial charge in [-0.1, -0.05) is 37.6 Å². The van der Waals surface area contributed by atoms with Gasteiger partial charge in [0.05, 0.1) is 5.69 Å². The Morgan fingerprint density at radius 3 is 2.09 bits per heavy atom. The van der Waals surface area contributed by atoms with Gasteiger partial charge in [0.1, 0.15) is 11.6 Å². The Morgan fingerprint density at radius 2 is 1.55 bits per heavy atom. The van der Waals surface area contributed by atoms with E-state index >= 15 is 0 Å². The molecule has 0 saturated carbocycles. The predicted octanol–water partition coefficient (Wildman–Crippen LogP) is 3.96. The molecule has 6 heteroatoms. The number of halogens is 2. The third-order valence-corrected chi connectivity index (χ3v) is 5.11. The number of hydrogen-bond acceptors (Lipinski definition) is 2. The summed E-state index contributed by atoms with van der Waals surface area (Å²) in [7, 11) is -4.30. The van der Waals surface area contributed by atoms with Gasteiger partial charge in [-0.3, -0.25) is 4.31 Å². The van der Waals surface area contributed by atoms with Gasteiger partial charge in [0, 0.05) is 6.54 Å². The average Bonchev–Trinajstić information content (AvgIpc) is 2.48. The number of unbranched alkanes of at least 4 members (excludes halogenated alkanes) is 1. The van der Waals surface area contributed by atoms with Crippen molar-refractivity contribution in [2.75, 3.05) is 10.8 Å². The molecule has 118 valence electrons. The van der Waals surface area contributed by atoms with Crippen LogP contribution >= 0.6 is 0 Å². The third kappa shape index (κ3) is 3.27. The van der Waals surface area contributed by atoms with Gasteiger partial charge in [-0.25, -0.2) is 17.2 Å². The van der Waals surface area contributed by atoms with Gasteiger partial charge >= 0.3 is 0 Å². The molecule has 22 heavy (non-hydrogen) atoms. The summed E-state index contributed by atoms with van der Waals surface area (Å²) in [5, 5.41) is 0. The maximum Gasteiger partial charge on any atom is 0.270 e. The minimum Gasteiger partial charge on any atom is -0.266 e. The zero-order valence-electron chi connectivity index (χ0n) is 12.2. The van der Waals surface area contributed by atoms with E-state index in [2.05, 4.69) is 0 Å². The van der Waals surface area contributed by atoms with Crippen molar-refractivity contribution in [1.82, 2.24) is 0 Å². The molecule has 0 atom stereocenters. The first-order valence-corrected chi connectivity index (χ1v) is 8.44. The van der Waals surface area contributed by atoms with Crippen molar-refractivity contribution in [2.45, 2.75) is 24.7 Å². The molecule has 0 unspecified atom stereocenters. The van der Waals surface area contributed by atoms with Crippen LogP contribution in [-0.4, -0.2) is 15.0 Å². The lowest BCUT2D eigenvalue weighted by Crippen LogP contribution is -2.33. The van der Waals surface area contributed by atoms with Crippen LogP contribution in [0.15, 0.2) is 53.4 Å². The predicted molar refractivity (Wildman–Crippen MR) is 82.2 cm³/mol. The zero-order chi connectivity index (χ0) is 16.2. The second kappa shape index (κ2) is 6.87. The van der Waals surface area contributed by atoms with Crippen LogP contribution in [0.25, 0.3) is 0 Å². The zero-order valence-corrected chi connectivity index (χ0v) is 13.0. The van der Waals surface area contributed by atoms with Crippen molar-refractivity contribution >= 4 is 15.7 Å². The van der Waals surface area contributed by atoms with Crippen LogP contribution in [0.2, 0.25) is 0 Å². The summed E-state index contributed by atoms with van der Waals surface area (Å²) < 4.78 is 54.3. The van der Waals surface area contributed by atoms with Gasteiger partial charge in [0.25, 0.3) is 10.0 Å². The maximum atomic E-state index is 13.9. The van der Waals surface area contributed by atoms with E-state index in [4.69, 9.17) is 0 Å². The van der Waals surface area contributed by atoms with Gasteiger partial charge in [-0.05, 0) is 30.7 Å². The summed E-state index contributed by atoms with van der Waals surface area (Å²) in [6, 6.07) is 11.3. The van der Waals surface area contributed by atoms with Crippen molar-refractivity contribution in [3.63, 3.8) is 0 Å². The van der Waals surface area contributed by atoms with E-state index in [1.54, 1.807) is 30.3 Å². The van der Waals surface area contributed by atoms with Gasteiger partial charge in [-0.15, -0.1) is 0 Å². The van der Waals surface area contributed by atoms with Crippen molar-refractivity contribution in [3.8, 4) is 0 Å². The summed E-state index contributed by atoms with van der Waals surface area (Å²) in [5.74, 6) is -2.17. The fraction of sp³-hybridized carbons (Fsp3) is 0.250. The summed E-state index contributed by atoms with van der Waals surface area (Å²) in [6.45, 7) is 2.08. The molecular weight excluding hydrogens is 308 g/mol. The van der Waals surface area contributed by atoms with Crippen LogP contribution in [0.5, 0.6) is 0 Å². The molecule has 3 nitrogen and oxygen atoms in total. The van der Waals surface area contributed by atoms with Crippen molar-refractivity contribution in [3.05, 3.63) is 60.2 Å². The Balaban J connectivity index is 2.55. The van der Waals surface area contributed by atoms with Crippen molar-refractivity contribution in [2.24, 2.45) is 0 Å². The van der Waals surface area contributed by atoms with E-state index in [0.717, 1.165) is 28.9 Å². The highest BCUT2D eigenvalue weighted by Gasteiger charge is 2.30. The van der Waals surface area contributed by atoms with E-state index in [-0.39, 0.29) is 6.54 Å². The molecule has 0 heterocycles. The molecule has 0 saturated heterocycles. The van der Waals surface area contributed by atoms with Crippen LogP contribution < -0.4 is 4.31 Å². The topological polar surface area (TPSA) is 37.4 Å². The Hall–Kier alpha value is -1.95. The normalized spacial score (nSPS) is 11.4. The monoisotopic (exact) mass is 325 g/mol. The second-order valence-corrected chi connectivity index (χ2v) is 6.62. The van der Waals surface area contributed by atoms with Crippen LogP contribution in [0.4, 0.5) is 14.5 Å². The van der Waals surface area contributed by atoms with Crippen LogP contribution in [0, 0.1) is 11.6 Å². The van der Waals surface area contributed by atoms with Gasteiger partial charge in [0.15, 0.2) is 4.90 Å². The Bertz CT molecular complexity index is 713. The molecule has 2 aromatic carbocycles. The molecular formula is C16H17F2NO2S. The molecule has 0 aliphatic carbocycles. The van der Waals surface area contributed by atoms with E-state index in [9.17, 15) is 17.2 Å². The van der Waals surface area contributed by atoms with Crippen molar-refractivity contribution in [1.29, 1.82) is 0 Å². The molecule has 0 aliphatic heterocycles. The number of anilines is 1. The van der Waals surface area contributed by atoms with Crippen molar-refractivity contribution < 1.29 is 17.2 Å². The average molecular weight is 325 g/mol. The third-order valence-electron chi connectivity index (χ3n) is 3.23. The lowest BCUT2D eigenvalue weighted by Gasteiger charge is -2.24. The first-order chi connectivity index (χ1) is 10.5. The molecule has 0 fully saturated rings. The summed E-state index contributed by atoms with van der Waals surface area (Å²) >= 11 is 0. The van der Waals surface area contributed by atoms with Crippen LogP contribution in [0.1, 0.15) is 19.8 Å². The molecule has 2 aromatic rings. The molecule has 0 bridgehead atoms. The molecule has 0 amide bonds.